The van der Waals surface area contributed by atoms with E-state index in [-0.39, 0.29) is 11.1 Å². The standard InChI is InChI=1S/C15H21N3O2/c1-14(2)8-18(9-15(3,4)17-14)10-5-6-11-12(7-10)20-13(19)16-11/h5-7,17H,8-9H2,1-4H3,(H,16,19). The molecule has 0 atom stereocenters. The molecule has 0 unspecified atom stereocenters. The molecule has 2 N–H and O–H groups in total. The van der Waals surface area contributed by atoms with Crippen molar-refractivity contribution in [3.05, 3.63) is 28.7 Å². The van der Waals surface area contributed by atoms with Gasteiger partial charge in [-0.3, -0.25) is 4.98 Å². The maximum absolute atomic E-state index is 11.2. The second-order valence-corrected chi connectivity index (χ2v) is 6.94. The van der Waals surface area contributed by atoms with Crippen molar-refractivity contribution in [2.75, 3.05) is 18.0 Å². The van der Waals surface area contributed by atoms with Crippen molar-refractivity contribution < 1.29 is 4.42 Å². The van der Waals surface area contributed by atoms with Gasteiger partial charge in [0, 0.05) is 35.9 Å². The molecule has 1 aliphatic rings. The van der Waals surface area contributed by atoms with Crippen LogP contribution in [-0.4, -0.2) is 29.2 Å². The predicted molar refractivity (Wildman–Crippen MR) is 80.3 cm³/mol. The van der Waals surface area contributed by atoms with Crippen LogP contribution in [0.4, 0.5) is 5.69 Å². The van der Waals surface area contributed by atoms with E-state index in [9.17, 15) is 4.79 Å². The van der Waals surface area contributed by atoms with Gasteiger partial charge in [-0.1, -0.05) is 0 Å². The molecule has 1 aliphatic heterocycles. The maximum atomic E-state index is 11.2. The summed E-state index contributed by atoms with van der Waals surface area (Å²) in [6.45, 7) is 10.6. The number of H-pyrrole nitrogens is 1. The highest BCUT2D eigenvalue weighted by Gasteiger charge is 2.36. The van der Waals surface area contributed by atoms with Crippen LogP contribution in [0.5, 0.6) is 0 Å². The average Bonchev–Trinajstić information content (AvgIpc) is 2.63. The Morgan fingerprint density at radius 2 is 1.80 bits per heavy atom. The summed E-state index contributed by atoms with van der Waals surface area (Å²) in [5, 5.41) is 3.65. The van der Waals surface area contributed by atoms with Crippen LogP contribution in [0.25, 0.3) is 11.1 Å². The Bertz CT molecular complexity index is 680. The zero-order valence-corrected chi connectivity index (χ0v) is 12.4. The molecule has 5 heteroatoms. The molecule has 3 rings (SSSR count). The Kier molecular flexibility index (Phi) is 2.73. The van der Waals surface area contributed by atoms with E-state index in [0.717, 1.165) is 24.3 Å². The molecule has 20 heavy (non-hydrogen) atoms. The van der Waals surface area contributed by atoms with Crippen LogP contribution < -0.4 is 16.0 Å². The fourth-order valence-corrected chi connectivity index (χ4v) is 3.32. The Morgan fingerprint density at radius 1 is 1.15 bits per heavy atom. The van der Waals surface area contributed by atoms with Gasteiger partial charge in [0.1, 0.15) is 0 Å². The third-order valence-corrected chi connectivity index (χ3v) is 3.62. The minimum absolute atomic E-state index is 0.0374. The summed E-state index contributed by atoms with van der Waals surface area (Å²) >= 11 is 0. The smallest absolute Gasteiger partial charge is 0.408 e. The number of hydrogen-bond donors (Lipinski definition) is 2. The highest BCUT2D eigenvalue weighted by atomic mass is 16.4. The fraction of sp³-hybridized carbons (Fsp3) is 0.533. The number of aromatic amines is 1. The number of anilines is 1. The number of nitrogens with one attached hydrogen (secondary N) is 2. The number of benzene rings is 1. The second-order valence-electron chi connectivity index (χ2n) is 6.94. The monoisotopic (exact) mass is 275 g/mol. The number of aromatic nitrogens is 1. The van der Waals surface area contributed by atoms with Crippen molar-refractivity contribution in [1.29, 1.82) is 0 Å². The molecule has 0 bridgehead atoms. The highest BCUT2D eigenvalue weighted by Crippen LogP contribution is 2.28. The number of nitrogens with zero attached hydrogens (tertiary/aromatic N) is 1. The third-order valence-electron chi connectivity index (χ3n) is 3.62. The summed E-state index contributed by atoms with van der Waals surface area (Å²) in [6.07, 6.45) is 0. The van der Waals surface area contributed by atoms with E-state index in [0.29, 0.717) is 5.58 Å². The normalized spacial score (nSPS) is 21.3. The second kappa shape index (κ2) is 4.12. The van der Waals surface area contributed by atoms with Gasteiger partial charge in [0.2, 0.25) is 0 Å². The van der Waals surface area contributed by atoms with Gasteiger partial charge in [-0.2, -0.15) is 0 Å². The summed E-state index contributed by atoms with van der Waals surface area (Å²) in [6, 6.07) is 5.87. The maximum Gasteiger partial charge on any atom is 0.417 e. The summed E-state index contributed by atoms with van der Waals surface area (Å²) in [5.74, 6) is -0.405. The van der Waals surface area contributed by atoms with Crippen LogP contribution in [0.2, 0.25) is 0 Å². The average molecular weight is 275 g/mol. The Morgan fingerprint density at radius 3 is 2.45 bits per heavy atom. The minimum Gasteiger partial charge on any atom is -0.408 e. The molecule has 0 amide bonds. The lowest BCUT2D eigenvalue weighted by Crippen LogP contribution is -2.66. The van der Waals surface area contributed by atoms with E-state index in [1.807, 2.05) is 18.2 Å². The molecule has 2 aromatic rings. The zero-order valence-electron chi connectivity index (χ0n) is 12.4. The SMILES string of the molecule is CC1(C)CN(c2ccc3[nH]c(=O)oc3c2)CC(C)(C)N1. The number of hydrogen-bond acceptors (Lipinski definition) is 4. The quantitative estimate of drug-likeness (QED) is 0.836. The van der Waals surface area contributed by atoms with Crippen LogP contribution in [0, 0.1) is 0 Å². The molecule has 0 spiro atoms. The van der Waals surface area contributed by atoms with Gasteiger partial charge in [-0.15, -0.1) is 0 Å². The first-order valence-corrected chi connectivity index (χ1v) is 6.91. The first-order valence-electron chi connectivity index (χ1n) is 6.91. The molecule has 0 radical (unpaired) electrons. The van der Waals surface area contributed by atoms with E-state index >= 15 is 0 Å². The van der Waals surface area contributed by atoms with Crippen LogP contribution in [-0.2, 0) is 0 Å². The van der Waals surface area contributed by atoms with Gasteiger partial charge in [-0.25, -0.2) is 4.79 Å². The topological polar surface area (TPSA) is 61.3 Å². The molecule has 2 heterocycles. The first-order chi connectivity index (χ1) is 9.24. The first kappa shape index (κ1) is 13.2. The molecule has 1 aromatic heterocycles. The van der Waals surface area contributed by atoms with Crippen molar-refractivity contribution in [1.82, 2.24) is 10.3 Å². The summed E-state index contributed by atoms with van der Waals surface area (Å²) in [5.41, 5.74) is 2.52. The van der Waals surface area contributed by atoms with E-state index in [2.05, 4.69) is 42.9 Å². The van der Waals surface area contributed by atoms with E-state index in [1.165, 1.54) is 0 Å². The van der Waals surface area contributed by atoms with Crippen molar-refractivity contribution in [3.8, 4) is 0 Å². The number of piperazine rings is 1. The van der Waals surface area contributed by atoms with E-state index in [4.69, 9.17) is 4.42 Å². The highest BCUT2D eigenvalue weighted by molar-refractivity contribution is 5.77. The predicted octanol–water partition coefficient (Wildman–Crippen LogP) is 2.09. The summed E-state index contributed by atoms with van der Waals surface area (Å²) < 4.78 is 5.15. The van der Waals surface area contributed by atoms with Crippen molar-refractivity contribution in [2.45, 2.75) is 38.8 Å². The van der Waals surface area contributed by atoms with Crippen molar-refractivity contribution >= 4 is 16.8 Å². The summed E-state index contributed by atoms with van der Waals surface area (Å²) in [4.78, 5) is 16.2. The van der Waals surface area contributed by atoms with Crippen molar-refractivity contribution in [2.24, 2.45) is 0 Å². The zero-order chi connectivity index (χ0) is 14.5. The van der Waals surface area contributed by atoms with Crippen molar-refractivity contribution in [3.63, 3.8) is 0 Å². The number of rotatable bonds is 1. The lowest BCUT2D eigenvalue weighted by Gasteiger charge is -2.49. The molecular weight excluding hydrogens is 254 g/mol. The molecule has 1 fully saturated rings. The largest absolute Gasteiger partial charge is 0.417 e. The van der Waals surface area contributed by atoms with Crippen LogP contribution >= 0.6 is 0 Å². The Labute approximate surface area is 118 Å². The molecule has 0 saturated carbocycles. The van der Waals surface area contributed by atoms with Gasteiger partial charge >= 0.3 is 5.76 Å². The Balaban J connectivity index is 1.99. The van der Waals surface area contributed by atoms with E-state index < -0.39 is 5.76 Å². The molecule has 1 aromatic carbocycles. The summed E-state index contributed by atoms with van der Waals surface area (Å²) in [7, 11) is 0. The van der Waals surface area contributed by atoms with Crippen LogP contribution in [0.1, 0.15) is 27.7 Å². The minimum atomic E-state index is -0.405. The third kappa shape index (κ3) is 2.45. The molecule has 1 saturated heterocycles. The Hall–Kier alpha value is -1.75. The molecule has 0 aliphatic carbocycles. The van der Waals surface area contributed by atoms with Gasteiger partial charge < -0.3 is 14.6 Å². The van der Waals surface area contributed by atoms with Crippen LogP contribution in [0.15, 0.2) is 27.4 Å². The van der Waals surface area contributed by atoms with Gasteiger partial charge in [0.25, 0.3) is 0 Å². The van der Waals surface area contributed by atoms with Gasteiger partial charge in [-0.05, 0) is 39.8 Å². The number of oxazole rings is 1. The van der Waals surface area contributed by atoms with E-state index in [1.54, 1.807) is 0 Å². The number of fused-ring (bicyclic) bond motifs is 1. The lowest BCUT2D eigenvalue weighted by atomic mass is 9.91. The molecule has 5 nitrogen and oxygen atoms in total. The lowest BCUT2D eigenvalue weighted by molar-refractivity contribution is 0.226. The molecule has 108 valence electrons. The fourth-order valence-electron chi connectivity index (χ4n) is 3.32. The van der Waals surface area contributed by atoms with Gasteiger partial charge in [0.15, 0.2) is 5.58 Å². The van der Waals surface area contributed by atoms with Crippen LogP contribution in [0.3, 0.4) is 0 Å². The van der Waals surface area contributed by atoms with Gasteiger partial charge in [0.05, 0.1) is 5.52 Å². The molecular formula is C15H21N3O2.